The van der Waals surface area contributed by atoms with Gasteiger partial charge >= 0.3 is 17.9 Å². The minimum absolute atomic E-state index is 0.0308. The number of aliphatic hydroxyl groups excluding tert-OH is 6. The summed E-state index contributed by atoms with van der Waals surface area (Å²) in [5, 5.41) is 79.6. The lowest BCUT2D eigenvalue weighted by Crippen LogP contribution is -2.67. The molecule has 26 atom stereocenters. The fraction of sp³-hybridized carbons (Fsp3) is 0.889. The summed E-state index contributed by atoms with van der Waals surface area (Å²) in [5.74, 6) is -1.75. The predicted molar refractivity (Wildman–Crippen MR) is 259 cm³/mol. The van der Waals surface area contributed by atoms with Crippen molar-refractivity contribution in [3.8, 4) is 0 Å². The Morgan fingerprint density at radius 1 is 0.684 bits per heavy atom. The van der Waals surface area contributed by atoms with Crippen LogP contribution in [0.15, 0.2) is 11.6 Å². The number of esters is 3. The Bertz CT molecular complexity index is 2100. The quantitative estimate of drug-likeness (QED) is 0.0695. The largest absolute Gasteiger partial charge is 0.459 e. The number of ether oxygens (including phenoxy) is 11. The lowest BCUT2D eigenvalue weighted by molar-refractivity contribution is -0.355. The van der Waals surface area contributed by atoms with Gasteiger partial charge in [0, 0.05) is 44.1 Å². The van der Waals surface area contributed by atoms with Gasteiger partial charge < -0.3 is 92.6 Å². The van der Waals surface area contributed by atoms with Crippen molar-refractivity contribution in [2.24, 2.45) is 34.5 Å². The average Bonchev–Trinajstić information content (AvgIpc) is 4.08. The van der Waals surface area contributed by atoms with Crippen LogP contribution in [0.5, 0.6) is 0 Å². The fourth-order valence-corrected chi connectivity index (χ4v) is 15.2. The fourth-order valence-electron chi connectivity index (χ4n) is 15.2. The molecule has 8 fully saturated rings. The Morgan fingerprint density at radius 2 is 1.32 bits per heavy atom. The van der Waals surface area contributed by atoms with Crippen LogP contribution in [-0.4, -0.2) is 195 Å². The molecular weight excluding hydrogens is 1000 g/mol. The van der Waals surface area contributed by atoms with Gasteiger partial charge in [-0.2, -0.15) is 0 Å². The van der Waals surface area contributed by atoms with E-state index in [0.717, 1.165) is 37.7 Å². The molecular formula is C54H82O22. The monoisotopic (exact) mass is 1080 g/mol. The summed E-state index contributed by atoms with van der Waals surface area (Å²) < 4.78 is 65.9. The van der Waals surface area contributed by atoms with Crippen molar-refractivity contribution in [3.63, 3.8) is 0 Å². The molecule has 7 N–H and O–H groups in total. The molecule has 0 aromatic rings. The molecule has 76 heavy (non-hydrogen) atoms. The maximum Gasteiger partial charge on any atom is 0.331 e. The molecule has 0 bridgehead atoms. The van der Waals surface area contributed by atoms with E-state index in [4.69, 9.17) is 52.1 Å². The summed E-state index contributed by atoms with van der Waals surface area (Å²) in [6.07, 6.45) is -12.4. The standard InChI is InChI=1S/C54H82O22/c1-24(56)8-11-40(61)73-50-38(22-55)72-51(46(64)45(50)63)76-49-27(4)69-44(21-37(49)70-28(5)57)75-48-26(3)68-43(20-36(48)59)74-47-25(2)67-42(19-35(47)58)71-31-12-14-52(6)30(17-31)9-10-33-34(52)18-39(60)53(7)32(13-15-54(33,53)65)29-16-41(62)66-23-29/h16,25-27,30-39,42-51,55,58-60,63-65H,8-15,17-23H2,1-7H3/t25-,26-,27-,30-,31+,32-,33-,34+,35+,36+,37+,38-,39-,42+,43+,44+,45-,46-,47-,48-,49-,50-,51+,52+,53+,54+/m1/s1. The van der Waals surface area contributed by atoms with Gasteiger partial charge in [-0.25, -0.2) is 4.79 Å². The zero-order valence-corrected chi connectivity index (χ0v) is 44.7. The van der Waals surface area contributed by atoms with E-state index >= 15 is 0 Å². The van der Waals surface area contributed by atoms with Crippen molar-refractivity contribution in [2.45, 2.75) is 254 Å². The van der Waals surface area contributed by atoms with Crippen LogP contribution >= 0.6 is 0 Å². The predicted octanol–water partition coefficient (Wildman–Crippen LogP) is 1.53. The molecule has 5 aliphatic heterocycles. The number of rotatable bonds is 15. The number of Topliss-reactive ketones (excluding diaryl/α,β-unsaturated/α-hetero) is 1. The van der Waals surface area contributed by atoms with Gasteiger partial charge in [-0.3, -0.25) is 9.59 Å². The highest BCUT2D eigenvalue weighted by molar-refractivity contribution is 5.85. The van der Waals surface area contributed by atoms with Gasteiger partial charge in [-0.05, 0) is 114 Å². The number of hydrogen-bond donors (Lipinski definition) is 7. The van der Waals surface area contributed by atoms with Gasteiger partial charge in [0.2, 0.25) is 0 Å². The molecule has 0 amide bonds. The first-order valence-corrected chi connectivity index (χ1v) is 27.6. The third-order valence-corrected chi connectivity index (χ3v) is 19.3. The highest BCUT2D eigenvalue weighted by Gasteiger charge is 2.71. The number of cyclic esters (lactones) is 1. The molecule has 22 heteroatoms. The molecule has 0 unspecified atom stereocenters. The zero-order valence-electron chi connectivity index (χ0n) is 44.7. The van der Waals surface area contributed by atoms with Crippen LogP contribution in [0.4, 0.5) is 0 Å². The summed E-state index contributed by atoms with van der Waals surface area (Å²) in [6, 6.07) is 0. The summed E-state index contributed by atoms with van der Waals surface area (Å²) in [5.41, 5.74) is -1.05. The van der Waals surface area contributed by atoms with Gasteiger partial charge in [0.1, 0.15) is 55.1 Å². The number of ketones is 1. The molecule has 430 valence electrons. The minimum Gasteiger partial charge on any atom is -0.459 e. The molecule has 0 radical (unpaired) electrons. The summed E-state index contributed by atoms with van der Waals surface area (Å²) in [7, 11) is 0. The third kappa shape index (κ3) is 11.2. The van der Waals surface area contributed by atoms with E-state index in [0.29, 0.717) is 25.2 Å². The highest BCUT2D eigenvalue weighted by Crippen LogP contribution is 2.70. The van der Waals surface area contributed by atoms with E-state index in [1.54, 1.807) is 26.8 Å². The Kier molecular flexibility index (Phi) is 17.5. The second-order valence-corrected chi connectivity index (χ2v) is 23.9. The van der Waals surface area contributed by atoms with Crippen molar-refractivity contribution in [1.82, 2.24) is 0 Å². The Balaban J connectivity index is 0.743. The van der Waals surface area contributed by atoms with Crippen LogP contribution in [0, 0.1) is 34.5 Å². The van der Waals surface area contributed by atoms with Crippen LogP contribution in [0.25, 0.3) is 0 Å². The van der Waals surface area contributed by atoms with Crippen molar-refractivity contribution in [1.29, 1.82) is 0 Å². The first-order valence-electron chi connectivity index (χ1n) is 27.6. The molecule has 9 aliphatic rings. The minimum atomic E-state index is -1.79. The Morgan fingerprint density at radius 3 is 1.91 bits per heavy atom. The summed E-state index contributed by atoms with van der Waals surface area (Å²) in [6.45, 7) is 11.4. The number of aliphatic hydroxyl groups is 7. The van der Waals surface area contributed by atoms with Crippen LogP contribution in [0.2, 0.25) is 0 Å². The van der Waals surface area contributed by atoms with Crippen LogP contribution < -0.4 is 0 Å². The van der Waals surface area contributed by atoms with Gasteiger partial charge in [-0.1, -0.05) is 13.8 Å². The van der Waals surface area contributed by atoms with E-state index in [-0.39, 0.29) is 79.7 Å². The lowest BCUT2D eigenvalue weighted by atomic mass is 9.42. The first kappa shape index (κ1) is 57.9. The maximum absolute atomic E-state index is 12.7. The van der Waals surface area contributed by atoms with Crippen molar-refractivity contribution in [2.75, 3.05) is 13.2 Å². The van der Waals surface area contributed by atoms with E-state index in [2.05, 4.69) is 6.92 Å². The zero-order chi connectivity index (χ0) is 54.8. The van der Waals surface area contributed by atoms with Crippen molar-refractivity contribution in [3.05, 3.63) is 11.6 Å². The molecule has 0 aromatic carbocycles. The molecule has 5 heterocycles. The first-order chi connectivity index (χ1) is 35.9. The number of hydrogen-bond acceptors (Lipinski definition) is 22. The van der Waals surface area contributed by atoms with Crippen LogP contribution in [0.3, 0.4) is 0 Å². The molecule has 4 saturated carbocycles. The average molecular weight is 1080 g/mol. The van der Waals surface area contributed by atoms with Gasteiger partial charge in [0.15, 0.2) is 31.3 Å². The maximum atomic E-state index is 12.7. The van der Waals surface area contributed by atoms with Gasteiger partial charge in [0.25, 0.3) is 0 Å². The number of carbonyl (C=O) groups is 4. The SMILES string of the molecule is CC(=O)CCC(=O)O[C@H]1[C@H](O)[C@@H](O)[C@H](O[C@H]2[C@@H](OC(C)=O)C[C@H](O[C@H]3[C@@H](O)C[C@H](O[C@H]4[C@@H](O)C[C@H](O[C@H]5CC[C@@]6(C)[C@H](CC[C@@H]7[C@@H]6C[C@@H](O)[C@]6(C)[C@@H](C8=CC(=O)OC8)CC[C@]76O)C5)O[C@@H]4C)O[C@@H]3C)O[C@@H]2C)O[C@@H]1CO. The van der Waals surface area contributed by atoms with E-state index in [9.17, 15) is 54.9 Å². The number of carbonyl (C=O) groups excluding carboxylic acids is 4. The second kappa shape index (κ2) is 23.0. The Hall–Kier alpha value is -2.78. The van der Waals surface area contributed by atoms with Crippen molar-refractivity contribution >= 4 is 23.7 Å². The normalized spacial score (nSPS) is 49.4. The van der Waals surface area contributed by atoms with E-state index < -0.39 is 140 Å². The summed E-state index contributed by atoms with van der Waals surface area (Å²) in [4.78, 5) is 48.1. The molecule has 0 spiro atoms. The highest BCUT2D eigenvalue weighted by atomic mass is 16.8. The molecule has 22 nitrogen and oxygen atoms in total. The smallest absolute Gasteiger partial charge is 0.331 e. The molecule has 4 aliphatic carbocycles. The topological polar surface area (TPSA) is 311 Å². The molecule has 0 aromatic heterocycles. The van der Waals surface area contributed by atoms with Gasteiger partial charge in [0.05, 0.1) is 61.4 Å². The third-order valence-electron chi connectivity index (χ3n) is 19.3. The van der Waals surface area contributed by atoms with Crippen LogP contribution in [-0.2, 0) is 71.3 Å². The van der Waals surface area contributed by atoms with Crippen LogP contribution in [0.1, 0.15) is 132 Å². The Labute approximate surface area is 443 Å². The lowest BCUT2D eigenvalue weighted by Gasteiger charge is -2.65. The molecule has 9 rings (SSSR count). The second-order valence-electron chi connectivity index (χ2n) is 23.9. The van der Waals surface area contributed by atoms with E-state index in [1.807, 2.05) is 6.92 Å². The van der Waals surface area contributed by atoms with Gasteiger partial charge in [-0.15, -0.1) is 0 Å². The van der Waals surface area contributed by atoms with Crippen molar-refractivity contribution < 1.29 is 107 Å². The van der Waals surface area contributed by atoms with E-state index in [1.165, 1.54) is 13.8 Å². The molecule has 4 saturated heterocycles. The number of fused-ring (bicyclic) bond motifs is 5. The summed E-state index contributed by atoms with van der Waals surface area (Å²) >= 11 is 0.